The third-order valence-corrected chi connectivity index (χ3v) is 8.38. The van der Waals surface area contributed by atoms with Gasteiger partial charge in [0.25, 0.3) is 0 Å². The van der Waals surface area contributed by atoms with Crippen molar-refractivity contribution in [2.45, 2.75) is 13.8 Å². The van der Waals surface area contributed by atoms with Crippen molar-refractivity contribution < 1.29 is 0 Å². The first-order valence-corrected chi connectivity index (χ1v) is 15.3. The van der Waals surface area contributed by atoms with Crippen molar-refractivity contribution in [3.05, 3.63) is 151 Å². The number of nitrogens with zero attached hydrogens (tertiary/aromatic N) is 5. The summed E-state index contributed by atoms with van der Waals surface area (Å²) in [6.45, 7) is 3.81. The molecule has 0 atom stereocenters. The van der Waals surface area contributed by atoms with Crippen LogP contribution in [0, 0.1) is 13.8 Å². The molecule has 0 aliphatic heterocycles. The first-order chi connectivity index (χ1) is 22.6. The van der Waals surface area contributed by atoms with Crippen molar-refractivity contribution in [2.24, 2.45) is 0 Å². The van der Waals surface area contributed by atoms with Gasteiger partial charge in [-0.2, -0.15) is 0 Å². The zero-order chi connectivity index (χ0) is 31.0. The Balaban J connectivity index is 1.21. The van der Waals surface area contributed by atoms with Crippen LogP contribution in [0.2, 0.25) is 0 Å². The van der Waals surface area contributed by atoms with Gasteiger partial charge in [-0.25, -0.2) is 15.0 Å². The van der Waals surface area contributed by atoms with Gasteiger partial charge in [0.15, 0.2) is 5.82 Å². The largest absolute Gasteiger partial charge is 0.256 e. The van der Waals surface area contributed by atoms with E-state index in [0.29, 0.717) is 17.5 Å². The highest BCUT2D eigenvalue weighted by Crippen LogP contribution is 2.35. The van der Waals surface area contributed by atoms with Crippen LogP contribution in [0.3, 0.4) is 0 Å². The van der Waals surface area contributed by atoms with Gasteiger partial charge in [-0.3, -0.25) is 9.97 Å². The molecule has 5 nitrogen and oxygen atoms in total. The Morgan fingerprint density at radius 3 is 1.26 bits per heavy atom. The number of fused-ring (bicyclic) bond motifs is 2. The van der Waals surface area contributed by atoms with Crippen molar-refractivity contribution in [1.82, 2.24) is 24.9 Å². The number of hydrogen-bond acceptors (Lipinski definition) is 5. The second kappa shape index (κ2) is 11.5. The molecule has 0 aliphatic carbocycles. The number of pyridine rings is 2. The van der Waals surface area contributed by atoms with E-state index in [0.717, 1.165) is 61.1 Å². The average molecular weight is 592 g/mol. The molecule has 0 saturated heterocycles. The molecule has 0 fully saturated rings. The second-order valence-corrected chi connectivity index (χ2v) is 11.5. The van der Waals surface area contributed by atoms with Gasteiger partial charge >= 0.3 is 0 Å². The molecule has 5 heteroatoms. The summed E-state index contributed by atoms with van der Waals surface area (Å²) >= 11 is 0. The molecule has 0 radical (unpaired) electrons. The molecule has 0 amide bonds. The van der Waals surface area contributed by atoms with Gasteiger partial charge in [0.05, 0.1) is 11.4 Å². The molecule has 0 unspecified atom stereocenters. The lowest BCUT2D eigenvalue weighted by molar-refractivity contribution is 0.928. The number of aromatic nitrogens is 5. The Morgan fingerprint density at radius 2 is 0.783 bits per heavy atom. The fourth-order valence-electron chi connectivity index (χ4n) is 6.18. The SMILES string of the molecule is Cc1nc(C)nc(-c2cc(-c3ccc(-c4nccc5ccccc45)cc3)cc(-c3ccc(-c4nccc5ccccc45)cc3)c2)n1. The first kappa shape index (κ1) is 27.5. The van der Waals surface area contributed by atoms with Gasteiger partial charge in [-0.1, -0.05) is 97.1 Å². The molecule has 0 N–H and O–H groups in total. The number of hydrogen-bond donors (Lipinski definition) is 0. The molecule has 0 bridgehead atoms. The summed E-state index contributed by atoms with van der Waals surface area (Å²) in [5.41, 5.74) is 9.45. The van der Waals surface area contributed by atoms with E-state index in [-0.39, 0.29) is 0 Å². The normalized spacial score (nSPS) is 11.3. The van der Waals surface area contributed by atoms with Gasteiger partial charge in [0.1, 0.15) is 11.6 Å². The summed E-state index contributed by atoms with van der Waals surface area (Å²) in [7, 11) is 0. The highest BCUT2D eigenvalue weighted by atomic mass is 15.0. The van der Waals surface area contributed by atoms with E-state index in [2.05, 4.69) is 132 Å². The van der Waals surface area contributed by atoms with Gasteiger partial charge in [0, 0.05) is 39.9 Å². The van der Waals surface area contributed by atoms with E-state index in [1.165, 1.54) is 10.8 Å². The molecule has 0 saturated carbocycles. The van der Waals surface area contributed by atoms with Crippen molar-refractivity contribution in [1.29, 1.82) is 0 Å². The maximum atomic E-state index is 4.72. The van der Waals surface area contributed by atoms with Gasteiger partial charge in [-0.05, 0) is 77.2 Å². The van der Waals surface area contributed by atoms with Crippen LogP contribution < -0.4 is 0 Å². The molecule has 8 rings (SSSR count). The topological polar surface area (TPSA) is 64.5 Å². The Kier molecular flexibility index (Phi) is 6.84. The number of benzene rings is 5. The Bertz CT molecular complexity index is 2210. The van der Waals surface area contributed by atoms with Crippen LogP contribution in [0.4, 0.5) is 0 Å². The smallest absolute Gasteiger partial charge is 0.163 e. The van der Waals surface area contributed by atoms with E-state index >= 15 is 0 Å². The van der Waals surface area contributed by atoms with Gasteiger partial charge in [-0.15, -0.1) is 0 Å². The van der Waals surface area contributed by atoms with Crippen LogP contribution in [-0.4, -0.2) is 24.9 Å². The minimum absolute atomic E-state index is 0.668. The lowest BCUT2D eigenvalue weighted by Crippen LogP contribution is -1.99. The minimum Gasteiger partial charge on any atom is -0.256 e. The lowest BCUT2D eigenvalue weighted by Gasteiger charge is -2.13. The minimum atomic E-state index is 0.668. The van der Waals surface area contributed by atoms with E-state index in [1.807, 2.05) is 26.2 Å². The quantitative estimate of drug-likeness (QED) is 0.199. The number of rotatable bonds is 5. The third kappa shape index (κ3) is 5.18. The Morgan fingerprint density at radius 1 is 0.370 bits per heavy atom. The summed E-state index contributed by atoms with van der Waals surface area (Å²) in [6.07, 6.45) is 3.75. The van der Waals surface area contributed by atoms with Crippen LogP contribution in [0.25, 0.3) is 77.7 Å². The van der Waals surface area contributed by atoms with Crippen LogP contribution in [0.1, 0.15) is 11.6 Å². The zero-order valence-corrected chi connectivity index (χ0v) is 25.5. The van der Waals surface area contributed by atoms with Crippen molar-refractivity contribution >= 4 is 21.5 Å². The van der Waals surface area contributed by atoms with E-state index in [9.17, 15) is 0 Å². The van der Waals surface area contributed by atoms with Crippen LogP contribution >= 0.6 is 0 Å². The molecular formula is C41H29N5. The predicted octanol–water partition coefficient (Wildman–Crippen LogP) is 9.92. The molecule has 8 aromatic rings. The maximum Gasteiger partial charge on any atom is 0.163 e. The van der Waals surface area contributed by atoms with Crippen molar-refractivity contribution in [3.63, 3.8) is 0 Å². The van der Waals surface area contributed by atoms with Crippen molar-refractivity contribution in [3.8, 4) is 56.2 Å². The monoisotopic (exact) mass is 591 g/mol. The molecule has 0 spiro atoms. The first-order valence-electron chi connectivity index (χ1n) is 15.3. The third-order valence-electron chi connectivity index (χ3n) is 8.38. The van der Waals surface area contributed by atoms with E-state index < -0.39 is 0 Å². The highest BCUT2D eigenvalue weighted by molar-refractivity contribution is 5.96. The lowest BCUT2D eigenvalue weighted by atomic mass is 9.94. The highest BCUT2D eigenvalue weighted by Gasteiger charge is 2.13. The second-order valence-electron chi connectivity index (χ2n) is 11.5. The molecular weight excluding hydrogens is 562 g/mol. The standard InChI is InChI=1S/C41H29N5/c1-26-44-27(2)46-41(45-26)36-24-34(28-11-15-32(16-12-28)39-37-9-5-3-7-30(37)19-21-42-39)23-35(25-36)29-13-17-33(18-14-29)40-38-10-6-4-8-31(38)20-22-43-40/h3-25H,1-2H3. The molecule has 5 aromatic carbocycles. The fraction of sp³-hybridized carbons (Fsp3) is 0.0488. The Labute approximate surface area is 267 Å². The molecule has 3 heterocycles. The van der Waals surface area contributed by atoms with Gasteiger partial charge in [0.2, 0.25) is 0 Å². The molecule has 3 aromatic heterocycles. The van der Waals surface area contributed by atoms with Gasteiger partial charge < -0.3 is 0 Å². The summed E-state index contributed by atoms with van der Waals surface area (Å²) < 4.78 is 0. The molecule has 218 valence electrons. The van der Waals surface area contributed by atoms with E-state index in [4.69, 9.17) is 19.9 Å². The summed E-state index contributed by atoms with van der Waals surface area (Å²) in [4.78, 5) is 23.3. The van der Waals surface area contributed by atoms with Crippen molar-refractivity contribution in [2.75, 3.05) is 0 Å². The average Bonchev–Trinajstić information content (AvgIpc) is 3.11. The number of aryl methyl sites for hydroxylation is 2. The van der Waals surface area contributed by atoms with E-state index in [1.54, 1.807) is 0 Å². The molecule has 46 heavy (non-hydrogen) atoms. The summed E-state index contributed by atoms with van der Waals surface area (Å²) in [5.74, 6) is 2.07. The van der Waals surface area contributed by atoms with Crippen LogP contribution in [-0.2, 0) is 0 Å². The zero-order valence-electron chi connectivity index (χ0n) is 25.5. The molecule has 0 aliphatic rings. The van der Waals surface area contributed by atoms with Crippen LogP contribution in [0.5, 0.6) is 0 Å². The predicted molar refractivity (Wildman–Crippen MR) is 187 cm³/mol. The maximum absolute atomic E-state index is 4.72. The summed E-state index contributed by atoms with van der Waals surface area (Å²) in [6, 6.07) is 44.7. The Hall–Kier alpha value is -6.07. The fourth-order valence-corrected chi connectivity index (χ4v) is 6.18. The van der Waals surface area contributed by atoms with Crippen LogP contribution in [0.15, 0.2) is 140 Å². The summed E-state index contributed by atoms with van der Waals surface area (Å²) in [5, 5.41) is 4.65.